The quantitative estimate of drug-likeness (QED) is 0.747. The normalized spacial score (nSPS) is 18.0. The Morgan fingerprint density at radius 3 is 2.39 bits per heavy atom. The van der Waals surface area contributed by atoms with Gasteiger partial charge in [-0.25, -0.2) is 0 Å². The smallest absolute Gasteiger partial charge is 0.245 e. The Bertz CT molecular complexity index is 512. The molecule has 0 saturated heterocycles. The van der Waals surface area contributed by atoms with Crippen molar-refractivity contribution in [2.75, 3.05) is 6.61 Å². The minimum Gasteiger partial charge on any atom is -0.394 e. The van der Waals surface area contributed by atoms with Crippen LogP contribution in [0.5, 0.6) is 0 Å². The van der Waals surface area contributed by atoms with Crippen molar-refractivity contribution in [2.45, 2.75) is 57.0 Å². The lowest BCUT2D eigenvalue weighted by Gasteiger charge is -2.26. The van der Waals surface area contributed by atoms with E-state index in [-0.39, 0.29) is 23.8 Å². The molecule has 1 aliphatic rings. The highest BCUT2D eigenvalue weighted by Gasteiger charge is 2.25. The van der Waals surface area contributed by atoms with Gasteiger partial charge < -0.3 is 15.7 Å². The molecule has 5 nitrogen and oxygen atoms in total. The molecule has 2 rings (SSSR count). The first-order valence-electron chi connectivity index (χ1n) is 8.38. The Balaban J connectivity index is 1.89. The van der Waals surface area contributed by atoms with E-state index in [9.17, 15) is 14.7 Å². The summed E-state index contributed by atoms with van der Waals surface area (Å²) in [6, 6.07) is 8.66. The minimum atomic E-state index is -0.893. The molecule has 1 aliphatic carbocycles. The third-order valence-electron chi connectivity index (χ3n) is 4.46. The largest absolute Gasteiger partial charge is 0.394 e. The average Bonchev–Trinajstić information content (AvgIpc) is 2.60. The van der Waals surface area contributed by atoms with Crippen LogP contribution in [0.3, 0.4) is 0 Å². The van der Waals surface area contributed by atoms with Gasteiger partial charge >= 0.3 is 0 Å². The summed E-state index contributed by atoms with van der Waals surface area (Å²) < 4.78 is 0. The molecule has 1 fully saturated rings. The molecule has 1 saturated carbocycles. The zero-order chi connectivity index (χ0) is 16.7. The van der Waals surface area contributed by atoms with E-state index in [0.29, 0.717) is 0 Å². The van der Waals surface area contributed by atoms with Crippen molar-refractivity contribution >= 4 is 11.8 Å². The van der Waals surface area contributed by atoms with Crippen LogP contribution < -0.4 is 10.6 Å². The maximum atomic E-state index is 12.3. The molecule has 23 heavy (non-hydrogen) atoms. The van der Waals surface area contributed by atoms with E-state index in [0.717, 1.165) is 31.2 Å². The van der Waals surface area contributed by atoms with Crippen molar-refractivity contribution in [3.63, 3.8) is 0 Å². The van der Waals surface area contributed by atoms with Crippen LogP contribution in [-0.4, -0.2) is 35.6 Å². The Morgan fingerprint density at radius 1 is 1.13 bits per heavy atom. The summed E-state index contributed by atoms with van der Waals surface area (Å²) in [5, 5.41) is 15.0. The number of carbonyl (C=O) groups excluding carboxylic acids is 2. The lowest BCUT2D eigenvalue weighted by molar-refractivity contribution is -0.131. The minimum absolute atomic E-state index is 0.161. The Labute approximate surface area is 137 Å². The zero-order valence-electron chi connectivity index (χ0n) is 13.6. The number of aliphatic hydroxyl groups excluding tert-OH is 1. The lowest BCUT2D eigenvalue weighted by Crippen LogP contribution is -2.52. The number of aliphatic hydroxyl groups is 1. The van der Waals surface area contributed by atoms with Gasteiger partial charge in [0.15, 0.2) is 0 Å². The summed E-state index contributed by atoms with van der Waals surface area (Å²) in [5.74, 6) is -0.921. The Hall–Kier alpha value is -1.88. The molecule has 3 N–H and O–H groups in total. The predicted molar refractivity (Wildman–Crippen MR) is 88.9 cm³/mol. The van der Waals surface area contributed by atoms with Crippen LogP contribution in [0, 0.1) is 0 Å². The second kappa shape index (κ2) is 8.67. The second-order valence-corrected chi connectivity index (χ2v) is 6.22. The van der Waals surface area contributed by atoms with E-state index in [4.69, 9.17) is 0 Å². The van der Waals surface area contributed by atoms with Gasteiger partial charge in [0.2, 0.25) is 11.8 Å². The number of hydrogen-bond donors (Lipinski definition) is 3. The SMILES string of the molecule is CC(C(=O)N[C@@H](CO)C(=O)NC1CCCCC1)c1ccccc1. The molecule has 0 bridgehead atoms. The van der Waals surface area contributed by atoms with Crippen molar-refractivity contribution < 1.29 is 14.7 Å². The second-order valence-electron chi connectivity index (χ2n) is 6.22. The molecule has 0 heterocycles. The van der Waals surface area contributed by atoms with E-state index in [1.54, 1.807) is 6.92 Å². The molecule has 2 amide bonds. The van der Waals surface area contributed by atoms with Gasteiger partial charge in [0.05, 0.1) is 12.5 Å². The molecule has 126 valence electrons. The van der Waals surface area contributed by atoms with E-state index in [1.807, 2.05) is 30.3 Å². The van der Waals surface area contributed by atoms with E-state index in [1.165, 1.54) is 6.42 Å². The number of rotatable bonds is 6. The molecular formula is C18H26N2O3. The standard InChI is InChI=1S/C18H26N2O3/c1-13(14-8-4-2-5-9-14)17(22)20-16(12-21)18(23)19-15-10-6-3-7-11-15/h2,4-5,8-9,13,15-16,21H,3,6-7,10-12H2,1H3,(H,19,23)(H,20,22)/t13?,16-/m0/s1. The molecule has 2 atom stereocenters. The third-order valence-corrected chi connectivity index (χ3v) is 4.46. The van der Waals surface area contributed by atoms with Crippen molar-refractivity contribution in [1.29, 1.82) is 0 Å². The van der Waals surface area contributed by atoms with Gasteiger partial charge in [-0.1, -0.05) is 49.6 Å². The number of amides is 2. The highest BCUT2D eigenvalue weighted by molar-refractivity contribution is 5.90. The maximum Gasteiger partial charge on any atom is 0.245 e. The summed E-state index contributed by atoms with van der Waals surface area (Å²) >= 11 is 0. The van der Waals surface area contributed by atoms with Gasteiger partial charge in [-0.2, -0.15) is 0 Å². The fourth-order valence-electron chi connectivity index (χ4n) is 2.93. The Kier molecular flexibility index (Phi) is 6.59. The fourth-order valence-corrected chi connectivity index (χ4v) is 2.93. The van der Waals surface area contributed by atoms with Gasteiger partial charge in [-0.15, -0.1) is 0 Å². The van der Waals surface area contributed by atoms with Crippen LogP contribution in [0.1, 0.15) is 50.5 Å². The predicted octanol–water partition coefficient (Wildman–Crippen LogP) is 1.72. The van der Waals surface area contributed by atoms with Gasteiger partial charge in [0.1, 0.15) is 6.04 Å². The first kappa shape index (κ1) is 17.5. The monoisotopic (exact) mass is 318 g/mol. The van der Waals surface area contributed by atoms with Crippen LogP contribution >= 0.6 is 0 Å². The van der Waals surface area contributed by atoms with Crippen molar-refractivity contribution in [3.8, 4) is 0 Å². The highest BCUT2D eigenvalue weighted by Crippen LogP contribution is 2.18. The molecular weight excluding hydrogens is 292 g/mol. The van der Waals surface area contributed by atoms with E-state index >= 15 is 0 Å². The summed E-state index contributed by atoms with van der Waals surface area (Å²) in [7, 11) is 0. The van der Waals surface area contributed by atoms with Gasteiger partial charge in [0.25, 0.3) is 0 Å². The van der Waals surface area contributed by atoms with Crippen LogP contribution in [0.25, 0.3) is 0 Å². The molecule has 0 radical (unpaired) electrons. The number of hydrogen-bond acceptors (Lipinski definition) is 3. The zero-order valence-corrected chi connectivity index (χ0v) is 13.6. The lowest BCUT2D eigenvalue weighted by atomic mass is 9.95. The molecule has 1 unspecified atom stereocenters. The van der Waals surface area contributed by atoms with Crippen molar-refractivity contribution in [2.24, 2.45) is 0 Å². The van der Waals surface area contributed by atoms with Gasteiger partial charge in [0, 0.05) is 6.04 Å². The summed E-state index contributed by atoms with van der Waals surface area (Å²) in [6.07, 6.45) is 5.38. The molecule has 0 aliphatic heterocycles. The summed E-state index contributed by atoms with van der Waals surface area (Å²) in [6.45, 7) is 1.39. The highest BCUT2D eigenvalue weighted by atomic mass is 16.3. The van der Waals surface area contributed by atoms with Crippen molar-refractivity contribution in [1.82, 2.24) is 10.6 Å². The van der Waals surface area contributed by atoms with Gasteiger partial charge in [-0.3, -0.25) is 9.59 Å². The third kappa shape index (κ3) is 5.06. The fraction of sp³-hybridized carbons (Fsp3) is 0.556. The van der Waals surface area contributed by atoms with Gasteiger partial charge in [-0.05, 0) is 25.3 Å². The molecule has 5 heteroatoms. The van der Waals surface area contributed by atoms with Crippen LogP contribution in [0.15, 0.2) is 30.3 Å². The summed E-state index contributed by atoms with van der Waals surface area (Å²) in [4.78, 5) is 24.6. The molecule has 1 aromatic rings. The molecule has 0 aromatic heterocycles. The van der Waals surface area contributed by atoms with Crippen LogP contribution in [-0.2, 0) is 9.59 Å². The first-order valence-corrected chi connectivity index (χ1v) is 8.38. The number of benzene rings is 1. The topological polar surface area (TPSA) is 78.4 Å². The summed E-state index contributed by atoms with van der Waals surface area (Å²) in [5.41, 5.74) is 0.884. The van der Waals surface area contributed by atoms with E-state index < -0.39 is 12.6 Å². The molecule has 1 aromatic carbocycles. The first-order chi connectivity index (χ1) is 11.1. The van der Waals surface area contributed by atoms with E-state index in [2.05, 4.69) is 10.6 Å². The number of carbonyl (C=O) groups is 2. The Morgan fingerprint density at radius 2 is 1.78 bits per heavy atom. The van der Waals surface area contributed by atoms with Crippen LogP contribution in [0.2, 0.25) is 0 Å². The van der Waals surface area contributed by atoms with Crippen molar-refractivity contribution in [3.05, 3.63) is 35.9 Å². The number of nitrogens with one attached hydrogen (secondary N) is 2. The maximum absolute atomic E-state index is 12.3. The molecule has 0 spiro atoms. The van der Waals surface area contributed by atoms with Crippen LogP contribution in [0.4, 0.5) is 0 Å². The average molecular weight is 318 g/mol.